The van der Waals surface area contributed by atoms with Crippen LogP contribution in [0, 0.1) is 6.92 Å². The van der Waals surface area contributed by atoms with Gasteiger partial charge in [-0.05, 0) is 25.1 Å². The molecule has 0 bridgehead atoms. The van der Waals surface area contributed by atoms with Gasteiger partial charge in [0.05, 0.1) is 17.6 Å². The lowest BCUT2D eigenvalue weighted by Crippen LogP contribution is -2.14. The molecule has 0 atom stereocenters. The van der Waals surface area contributed by atoms with Crippen molar-refractivity contribution in [2.45, 2.75) is 13.3 Å². The molecule has 0 radical (unpaired) electrons. The number of oxazole rings is 1. The molecule has 2 N–H and O–H groups in total. The van der Waals surface area contributed by atoms with Crippen LogP contribution in [0.2, 0.25) is 0 Å². The van der Waals surface area contributed by atoms with Gasteiger partial charge in [-0.1, -0.05) is 5.16 Å². The summed E-state index contributed by atoms with van der Waals surface area (Å²) in [7, 11) is 0. The second-order valence-corrected chi connectivity index (χ2v) is 4.38. The van der Waals surface area contributed by atoms with Crippen LogP contribution in [0.1, 0.15) is 11.5 Å². The van der Waals surface area contributed by atoms with E-state index in [0.29, 0.717) is 28.2 Å². The van der Waals surface area contributed by atoms with E-state index in [-0.39, 0.29) is 12.3 Å². The lowest BCUT2D eigenvalue weighted by Gasteiger charge is -2.03. The predicted molar refractivity (Wildman–Crippen MR) is 70.4 cm³/mol. The van der Waals surface area contributed by atoms with Crippen LogP contribution in [-0.2, 0) is 11.2 Å². The third-order valence-electron chi connectivity index (χ3n) is 2.72. The van der Waals surface area contributed by atoms with Gasteiger partial charge in [-0.15, -0.1) is 0 Å². The molecular formula is C13H11N3O4. The molecule has 102 valence electrons. The smallest absolute Gasteiger partial charge is 0.408 e. The van der Waals surface area contributed by atoms with E-state index >= 15 is 0 Å². The number of anilines is 1. The number of nitrogens with zero attached hydrogens (tertiary/aromatic N) is 1. The Morgan fingerprint density at radius 2 is 2.25 bits per heavy atom. The van der Waals surface area contributed by atoms with E-state index < -0.39 is 5.76 Å². The van der Waals surface area contributed by atoms with Gasteiger partial charge in [-0.25, -0.2) is 4.79 Å². The van der Waals surface area contributed by atoms with Crippen LogP contribution in [0.5, 0.6) is 0 Å². The van der Waals surface area contributed by atoms with Gasteiger partial charge in [-0.3, -0.25) is 9.78 Å². The standard InChI is InChI=1S/C13H11N3O4/c1-7-4-9(16-20-7)6-12(17)14-8-2-3-11-10(5-8)15-13(18)19-11/h2-5H,6H2,1H3,(H,14,17)(H,15,18). The van der Waals surface area contributed by atoms with E-state index in [9.17, 15) is 9.59 Å². The summed E-state index contributed by atoms with van der Waals surface area (Å²) < 4.78 is 9.77. The Bertz CT molecular complexity index is 827. The molecule has 0 fully saturated rings. The number of amides is 1. The minimum atomic E-state index is -0.526. The molecule has 3 rings (SSSR count). The molecule has 2 heterocycles. The summed E-state index contributed by atoms with van der Waals surface area (Å²) in [5.74, 6) is -0.0877. The van der Waals surface area contributed by atoms with Crippen molar-refractivity contribution in [1.29, 1.82) is 0 Å². The maximum absolute atomic E-state index is 11.8. The number of H-pyrrole nitrogens is 1. The first-order valence-electron chi connectivity index (χ1n) is 5.95. The highest BCUT2D eigenvalue weighted by Crippen LogP contribution is 2.16. The largest absolute Gasteiger partial charge is 0.417 e. The minimum absolute atomic E-state index is 0.122. The summed E-state index contributed by atoms with van der Waals surface area (Å²) in [5.41, 5.74) is 2.11. The molecule has 20 heavy (non-hydrogen) atoms. The molecule has 1 aromatic carbocycles. The van der Waals surface area contributed by atoms with Crippen LogP contribution in [0.3, 0.4) is 0 Å². The van der Waals surface area contributed by atoms with E-state index in [0.717, 1.165) is 0 Å². The minimum Gasteiger partial charge on any atom is -0.408 e. The summed E-state index contributed by atoms with van der Waals surface area (Å²) >= 11 is 0. The number of aromatic nitrogens is 2. The Morgan fingerprint density at radius 1 is 1.40 bits per heavy atom. The number of carbonyl (C=O) groups excluding carboxylic acids is 1. The summed E-state index contributed by atoms with van der Waals surface area (Å²) in [5, 5.41) is 6.47. The number of aryl methyl sites for hydroxylation is 1. The summed E-state index contributed by atoms with van der Waals surface area (Å²) in [6.07, 6.45) is 0.122. The molecule has 1 amide bonds. The molecule has 0 saturated heterocycles. The normalized spacial score (nSPS) is 10.8. The van der Waals surface area contributed by atoms with E-state index in [1.54, 1.807) is 31.2 Å². The second-order valence-electron chi connectivity index (χ2n) is 4.38. The number of nitrogens with one attached hydrogen (secondary N) is 2. The Kier molecular flexibility index (Phi) is 2.86. The number of hydrogen-bond donors (Lipinski definition) is 2. The highest BCUT2D eigenvalue weighted by atomic mass is 16.5. The lowest BCUT2D eigenvalue weighted by molar-refractivity contribution is -0.115. The first kappa shape index (κ1) is 12.2. The van der Waals surface area contributed by atoms with Gasteiger partial charge in [0.2, 0.25) is 5.91 Å². The van der Waals surface area contributed by atoms with Crippen LogP contribution in [0.25, 0.3) is 11.1 Å². The molecule has 7 nitrogen and oxygen atoms in total. The average Bonchev–Trinajstić information content (AvgIpc) is 2.93. The van der Waals surface area contributed by atoms with Crippen molar-refractivity contribution in [2.24, 2.45) is 0 Å². The zero-order valence-corrected chi connectivity index (χ0v) is 10.6. The number of rotatable bonds is 3. The topological polar surface area (TPSA) is 101 Å². The SMILES string of the molecule is Cc1cc(CC(=O)Nc2ccc3oc(=O)[nH]c3c2)no1. The first-order chi connectivity index (χ1) is 9.60. The molecule has 2 aromatic heterocycles. The fraction of sp³-hybridized carbons (Fsp3) is 0.154. The highest BCUT2D eigenvalue weighted by Gasteiger charge is 2.09. The zero-order valence-electron chi connectivity index (χ0n) is 10.6. The number of aromatic amines is 1. The fourth-order valence-electron chi connectivity index (χ4n) is 1.90. The Hall–Kier alpha value is -2.83. The van der Waals surface area contributed by atoms with Crippen LogP contribution < -0.4 is 11.1 Å². The van der Waals surface area contributed by atoms with Gasteiger partial charge in [0, 0.05) is 11.8 Å². The van der Waals surface area contributed by atoms with Crippen LogP contribution in [0.4, 0.5) is 5.69 Å². The van der Waals surface area contributed by atoms with Crippen molar-refractivity contribution >= 4 is 22.7 Å². The number of benzene rings is 1. The Morgan fingerprint density at radius 3 is 3.00 bits per heavy atom. The van der Waals surface area contributed by atoms with Gasteiger partial charge in [-0.2, -0.15) is 0 Å². The quantitative estimate of drug-likeness (QED) is 0.754. The Balaban J connectivity index is 1.75. The van der Waals surface area contributed by atoms with E-state index in [2.05, 4.69) is 15.5 Å². The van der Waals surface area contributed by atoms with Crippen LogP contribution in [0.15, 0.2) is 38.0 Å². The molecule has 3 aromatic rings. The van der Waals surface area contributed by atoms with Crippen molar-refractivity contribution in [3.05, 3.63) is 46.3 Å². The van der Waals surface area contributed by atoms with Crippen molar-refractivity contribution < 1.29 is 13.7 Å². The summed E-state index contributed by atoms with van der Waals surface area (Å²) in [6.45, 7) is 1.76. The van der Waals surface area contributed by atoms with Gasteiger partial charge in [0.25, 0.3) is 0 Å². The fourth-order valence-corrected chi connectivity index (χ4v) is 1.90. The number of hydrogen-bond acceptors (Lipinski definition) is 5. The molecule has 0 spiro atoms. The lowest BCUT2D eigenvalue weighted by atomic mass is 10.2. The second kappa shape index (κ2) is 4.69. The number of carbonyl (C=O) groups is 1. The monoisotopic (exact) mass is 273 g/mol. The van der Waals surface area contributed by atoms with Crippen molar-refractivity contribution in [3.63, 3.8) is 0 Å². The molecule has 0 aliphatic heterocycles. The van der Waals surface area contributed by atoms with Crippen molar-refractivity contribution in [2.75, 3.05) is 5.32 Å². The predicted octanol–water partition coefficient (Wildman–Crippen LogP) is 1.60. The van der Waals surface area contributed by atoms with E-state index in [4.69, 9.17) is 8.94 Å². The molecule has 0 aliphatic rings. The molecule has 0 saturated carbocycles. The van der Waals surface area contributed by atoms with Crippen LogP contribution >= 0.6 is 0 Å². The third-order valence-corrected chi connectivity index (χ3v) is 2.72. The zero-order chi connectivity index (χ0) is 14.1. The molecule has 7 heteroatoms. The average molecular weight is 273 g/mol. The van der Waals surface area contributed by atoms with Gasteiger partial charge in [0.1, 0.15) is 5.76 Å². The molecular weight excluding hydrogens is 262 g/mol. The van der Waals surface area contributed by atoms with Crippen molar-refractivity contribution in [1.82, 2.24) is 10.1 Å². The third kappa shape index (κ3) is 2.46. The molecule has 0 aliphatic carbocycles. The first-order valence-corrected chi connectivity index (χ1v) is 5.95. The maximum Gasteiger partial charge on any atom is 0.417 e. The van der Waals surface area contributed by atoms with Gasteiger partial charge in [0.15, 0.2) is 5.58 Å². The maximum atomic E-state index is 11.8. The van der Waals surface area contributed by atoms with Crippen LogP contribution in [-0.4, -0.2) is 16.0 Å². The van der Waals surface area contributed by atoms with E-state index in [1.807, 2.05) is 0 Å². The summed E-state index contributed by atoms with van der Waals surface area (Å²) in [6, 6.07) is 6.61. The van der Waals surface area contributed by atoms with Gasteiger partial charge >= 0.3 is 5.76 Å². The Labute approximate surface area is 112 Å². The summed E-state index contributed by atoms with van der Waals surface area (Å²) in [4.78, 5) is 25.4. The highest BCUT2D eigenvalue weighted by molar-refractivity contribution is 5.93. The number of fused-ring (bicyclic) bond motifs is 1. The van der Waals surface area contributed by atoms with Gasteiger partial charge < -0.3 is 14.3 Å². The van der Waals surface area contributed by atoms with Crippen molar-refractivity contribution in [3.8, 4) is 0 Å². The molecule has 0 unspecified atom stereocenters. The van der Waals surface area contributed by atoms with E-state index in [1.165, 1.54) is 0 Å².